The van der Waals surface area contributed by atoms with Crippen molar-refractivity contribution >= 4 is 32.2 Å². The molecule has 0 aliphatic rings. The van der Waals surface area contributed by atoms with Crippen molar-refractivity contribution < 1.29 is 26.7 Å². The van der Waals surface area contributed by atoms with E-state index in [9.17, 15) is 22.0 Å². The molecule has 1 heterocycles. The second-order valence-electron chi connectivity index (χ2n) is 5.96. The Labute approximate surface area is 169 Å². The fourth-order valence-electron chi connectivity index (χ4n) is 2.23. The number of hydrogen-bond donors (Lipinski definition) is 1. The minimum Gasteiger partial charge on any atom is -0.481 e. The maximum Gasteiger partial charge on any atom is 0.266 e. The van der Waals surface area contributed by atoms with Crippen LogP contribution < -0.4 is 10.1 Å². The van der Waals surface area contributed by atoms with Crippen LogP contribution in [0.5, 0.6) is 5.75 Å². The number of anilines is 1. The van der Waals surface area contributed by atoms with Gasteiger partial charge in [0, 0.05) is 0 Å². The lowest BCUT2D eigenvalue weighted by Crippen LogP contribution is -2.30. The van der Waals surface area contributed by atoms with Crippen molar-refractivity contribution in [2.45, 2.75) is 23.1 Å². The molecule has 1 amide bonds. The molecule has 3 rings (SSSR count). The first-order chi connectivity index (χ1) is 13.7. The molecule has 0 spiro atoms. The van der Waals surface area contributed by atoms with Crippen LogP contribution in [0.3, 0.4) is 0 Å². The van der Waals surface area contributed by atoms with Gasteiger partial charge in [0.25, 0.3) is 5.91 Å². The van der Waals surface area contributed by atoms with Gasteiger partial charge in [0.1, 0.15) is 17.4 Å². The normalized spacial score (nSPS) is 12.4. The average molecular weight is 439 g/mol. The van der Waals surface area contributed by atoms with Crippen LogP contribution in [0.2, 0.25) is 0 Å². The fraction of sp³-hybridized carbons (Fsp3) is 0.167. The van der Waals surface area contributed by atoms with Gasteiger partial charge in [0.05, 0.1) is 5.75 Å². The zero-order chi connectivity index (χ0) is 21.0. The lowest BCUT2D eigenvalue weighted by atomic mass is 10.2. The molecule has 0 fully saturated rings. The Balaban J connectivity index is 1.63. The van der Waals surface area contributed by atoms with E-state index in [2.05, 4.69) is 15.5 Å². The summed E-state index contributed by atoms with van der Waals surface area (Å²) in [6, 6.07) is 10.2. The topological polar surface area (TPSA) is 98.2 Å². The van der Waals surface area contributed by atoms with E-state index in [-0.39, 0.29) is 15.2 Å². The first-order valence-electron chi connectivity index (χ1n) is 8.27. The molecule has 3 aromatic rings. The molecule has 0 saturated heterocycles. The highest BCUT2D eigenvalue weighted by Gasteiger charge is 2.23. The molecule has 29 heavy (non-hydrogen) atoms. The largest absolute Gasteiger partial charge is 0.481 e. The van der Waals surface area contributed by atoms with Gasteiger partial charge in [0.2, 0.25) is 19.3 Å². The summed E-state index contributed by atoms with van der Waals surface area (Å²) >= 11 is 0.695. The highest BCUT2D eigenvalue weighted by molar-refractivity contribution is 7.92. The summed E-state index contributed by atoms with van der Waals surface area (Å²) in [6.45, 7) is 1.48. The van der Waals surface area contributed by atoms with Crippen LogP contribution in [0.15, 0.2) is 52.9 Å². The number of aromatic nitrogens is 2. The number of carbonyl (C=O) groups excluding carboxylic acids is 1. The van der Waals surface area contributed by atoms with E-state index in [1.807, 2.05) is 0 Å². The molecule has 0 radical (unpaired) electrons. The quantitative estimate of drug-likeness (QED) is 0.568. The van der Waals surface area contributed by atoms with Crippen molar-refractivity contribution in [2.75, 3.05) is 5.32 Å². The molecule has 7 nitrogen and oxygen atoms in total. The van der Waals surface area contributed by atoms with Gasteiger partial charge >= 0.3 is 0 Å². The van der Waals surface area contributed by atoms with Gasteiger partial charge in [-0.2, -0.15) is 0 Å². The van der Waals surface area contributed by atoms with E-state index in [0.29, 0.717) is 22.6 Å². The van der Waals surface area contributed by atoms with Crippen molar-refractivity contribution in [3.8, 4) is 5.75 Å². The zero-order valence-electron chi connectivity index (χ0n) is 15.0. The van der Waals surface area contributed by atoms with Crippen LogP contribution in [-0.2, 0) is 20.4 Å². The summed E-state index contributed by atoms with van der Waals surface area (Å²) in [5.41, 5.74) is 0.397. The molecule has 0 aliphatic heterocycles. The molecular weight excluding hydrogens is 424 g/mol. The second-order valence-corrected chi connectivity index (χ2v) is 9.10. The van der Waals surface area contributed by atoms with Crippen molar-refractivity contribution in [2.24, 2.45) is 0 Å². The fourth-order valence-corrected chi connectivity index (χ4v) is 4.55. The minimum atomic E-state index is -3.81. The number of nitrogens with zero attached hydrogens (tertiary/aromatic N) is 2. The average Bonchev–Trinajstić information content (AvgIpc) is 3.15. The van der Waals surface area contributed by atoms with Crippen LogP contribution in [0, 0.1) is 11.6 Å². The first kappa shape index (κ1) is 20.8. The third kappa shape index (κ3) is 5.55. The number of sulfone groups is 1. The third-order valence-corrected chi connectivity index (χ3v) is 6.64. The number of halogens is 2. The highest BCUT2D eigenvalue weighted by atomic mass is 32.2. The van der Waals surface area contributed by atoms with E-state index in [0.717, 1.165) is 0 Å². The maximum absolute atomic E-state index is 13.0. The standard InChI is InChI=1S/C18H15F2N3O4S2/c1-11(27-15-8-6-14(20)7-9-15)16(24)21-17-22-23-18(28-17)29(25,26)10-12-2-4-13(19)5-3-12/h2-9,11H,10H2,1H3,(H,21,22,24)/t11-/m1/s1. The Kier molecular flexibility index (Phi) is 6.18. The minimum absolute atomic E-state index is 0.0118. The van der Waals surface area contributed by atoms with Gasteiger partial charge in [-0.1, -0.05) is 23.5 Å². The van der Waals surface area contributed by atoms with Gasteiger partial charge < -0.3 is 4.74 Å². The van der Waals surface area contributed by atoms with Crippen LogP contribution in [-0.4, -0.2) is 30.6 Å². The summed E-state index contributed by atoms with van der Waals surface area (Å²) in [5, 5.41) is 9.71. The highest BCUT2D eigenvalue weighted by Crippen LogP contribution is 2.24. The van der Waals surface area contributed by atoms with Crippen molar-refractivity contribution in [1.82, 2.24) is 10.2 Å². The first-order valence-corrected chi connectivity index (χ1v) is 10.7. The van der Waals surface area contributed by atoms with Crippen LogP contribution in [0.1, 0.15) is 12.5 Å². The summed E-state index contributed by atoms with van der Waals surface area (Å²) in [7, 11) is -3.81. The third-order valence-electron chi connectivity index (χ3n) is 3.67. The van der Waals surface area contributed by atoms with Crippen molar-refractivity contribution in [3.63, 3.8) is 0 Å². The van der Waals surface area contributed by atoms with Gasteiger partial charge in [0.15, 0.2) is 6.10 Å². The zero-order valence-corrected chi connectivity index (χ0v) is 16.6. The molecule has 2 aromatic carbocycles. The molecule has 0 bridgehead atoms. The Morgan fingerprint density at radius 2 is 1.66 bits per heavy atom. The van der Waals surface area contributed by atoms with Crippen molar-refractivity contribution in [3.05, 3.63) is 65.7 Å². The van der Waals surface area contributed by atoms with Crippen LogP contribution in [0.25, 0.3) is 0 Å². The molecule has 152 valence electrons. The lowest BCUT2D eigenvalue weighted by molar-refractivity contribution is -0.122. The number of amides is 1. The number of benzene rings is 2. The van der Waals surface area contributed by atoms with Gasteiger partial charge in [-0.15, -0.1) is 10.2 Å². The van der Waals surface area contributed by atoms with Gasteiger partial charge in [-0.3, -0.25) is 10.1 Å². The Morgan fingerprint density at radius 3 is 2.28 bits per heavy atom. The number of hydrogen-bond acceptors (Lipinski definition) is 7. The van der Waals surface area contributed by atoms with Crippen LogP contribution in [0.4, 0.5) is 13.9 Å². The molecule has 0 unspecified atom stereocenters. The van der Waals surface area contributed by atoms with E-state index < -0.39 is 33.5 Å². The SMILES string of the molecule is C[C@@H](Oc1ccc(F)cc1)C(=O)Nc1nnc(S(=O)(=O)Cc2ccc(F)cc2)s1. The summed E-state index contributed by atoms with van der Waals surface area (Å²) in [5.74, 6) is -1.55. The summed E-state index contributed by atoms with van der Waals surface area (Å²) in [4.78, 5) is 12.2. The molecule has 0 saturated carbocycles. The summed E-state index contributed by atoms with van der Waals surface area (Å²) < 4.78 is 55.9. The van der Waals surface area contributed by atoms with Gasteiger partial charge in [-0.25, -0.2) is 17.2 Å². The maximum atomic E-state index is 13.0. The lowest BCUT2D eigenvalue weighted by Gasteiger charge is -2.13. The molecular formula is C18H15F2N3O4S2. The number of nitrogens with one attached hydrogen (secondary N) is 1. The smallest absolute Gasteiger partial charge is 0.266 e. The van der Waals surface area contributed by atoms with E-state index >= 15 is 0 Å². The number of rotatable bonds is 7. The molecule has 1 atom stereocenters. The monoisotopic (exact) mass is 439 g/mol. The Morgan fingerprint density at radius 1 is 1.07 bits per heavy atom. The van der Waals surface area contributed by atoms with Crippen molar-refractivity contribution in [1.29, 1.82) is 0 Å². The summed E-state index contributed by atoms with van der Waals surface area (Å²) in [6.07, 6.45) is -0.941. The van der Waals surface area contributed by atoms with Crippen LogP contribution >= 0.6 is 11.3 Å². The molecule has 11 heteroatoms. The molecule has 1 aromatic heterocycles. The Bertz CT molecular complexity index is 1100. The van der Waals surface area contributed by atoms with E-state index in [1.54, 1.807) is 0 Å². The predicted octanol–water partition coefficient (Wildman–Crippen LogP) is 3.20. The Hall–Kier alpha value is -2.92. The van der Waals surface area contributed by atoms with E-state index in [4.69, 9.17) is 4.74 Å². The van der Waals surface area contributed by atoms with E-state index in [1.165, 1.54) is 55.5 Å². The number of ether oxygens (including phenoxy) is 1. The number of carbonyl (C=O) groups is 1. The predicted molar refractivity (Wildman–Crippen MR) is 102 cm³/mol. The second kappa shape index (κ2) is 8.62. The van der Waals surface area contributed by atoms with Gasteiger partial charge in [-0.05, 0) is 48.9 Å². The molecule has 0 aliphatic carbocycles. The molecule has 1 N–H and O–H groups in total.